The van der Waals surface area contributed by atoms with Crippen LogP contribution in [0, 0.1) is 16.0 Å². The smallest absolute Gasteiger partial charge is 0.303 e. The molecule has 6 nitrogen and oxygen atoms in total. The van der Waals surface area contributed by atoms with Crippen LogP contribution in [0.1, 0.15) is 12.8 Å². The van der Waals surface area contributed by atoms with Crippen LogP contribution in [0.5, 0.6) is 0 Å². The summed E-state index contributed by atoms with van der Waals surface area (Å²) in [5.41, 5.74) is -0.153. The van der Waals surface area contributed by atoms with Crippen molar-refractivity contribution in [1.29, 1.82) is 0 Å². The lowest BCUT2D eigenvalue weighted by molar-refractivity contribution is -0.388. The highest BCUT2D eigenvalue weighted by Gasteiger charge is 2.23. The Morgan fingerprint density at radius 3 is 3.11 bits per heavy atom. The normalized spacial score (nSPS) is 21.4. The molecule has 18 heavy (non-hydrogen) atoms. The molecule has 1 N–H and O–H groups in total. The molecule has 0 saturated carbocycles. The van der Waals surface area contributed by atoms with Crippen molar-refractivity contribution < 1.29 is 9.13 Å². The zero-order valence-corrected chi connectivity index (χ0v) is 10.7. The molecule has 98 valence electrons. The topological polar surface area (TPSA) is 85.1 Å². The lowest BCUT2D eigenvalue weighted by Crippen LogP contribution is -2.32. The Bertz CT molecular complexity index is 461. The molecule has 2 atom stereocenters. The highest BCUT2D eigenvalue weighted by atomic mass is 32.2. The Hall–Kier alpha value is -1.34. The molecule has 7 heteroatoms. The van der Waals surface area contributed by atoms with Gasteiger partial charge in [0, 0.05) is 18.0 Å². The Balaban J connectivity index is 2.10. The van der Waals surface area contributed by atoms with E-state index in [1.807, 2.05) is 0 Å². The first-order valence-corrected chi connectivity index (χ1v) is 7.19. The van der Waals surface area contributed by atoms with Gasteiger partial charge in [-0.25, -0.2) is 4.98 Å². The van der Waals surface area contributed by atoms with Gasteiger partial charge in [0.1, 0.15) is 0 Å². The van der Waals surface area contributed by atoms with Crippen molar-refractivity contribution in [3.8, 4) is 0 Å². The second-order valence-electron chi connectivity index (χ2n) is 4.31. The third-order valence-electron chi connectivity index (χ3n) is 2.95. The van der Waals surface area contributed by atoms with E-state index in [4.69, 9.17) is 0 Å². The second-order valence-corrected chi connectivity index (χ2v) is 5.72. The predicted molar refractivity (Wildman–Crippen MR) is 67.8 cm³/mol. The second kappa shape index (κ2) is 6.01. The van der Waals surface area contributed by atoms with Crippen LogP contribution < -0.4 is 5.32 Å². The quantitative estimate of drug-likeness (QED) is 0.653. The molecule has 1 aliphatic heterocycles. The molecule has 0 radical (unpaired) electrons. The lowest BCUT2D eigenvalue weighted by Gasteiger charge is -2.21. The number of pyridine rings is 1. The van der Waals surface area contributed by atoms with Crippen molar-refractivity contribution in [3.05, 3.63) is 28.4 Å². The SMILES string of the molecule is O=[N+]([O-])c1cccnc1[S@@](=O)C[C@H]1CCCNC1. The van der Waals surface area contributed by atoms with Crippen molar-refractivity contribution in [3.63, 3.8) is 0 Å². The molecular weight excluding hydrogens is 254 g/mol. The molecule has 1 fully saturated rings. The number of aromatic nitrogens is 1. The number of nitro groups is 1. The van der Waals surface area contributed by atoms with Gasteiger partial charge in [0.05, 0.1) is 15.7 Å². The highest BCUT2D eigenvalue weighted by Crippen LogP contribution is 2.21. The minimum Gasteiger partial charge on any atom is -0.316 e. The maximum absolute atomic E-state index is 12.2. The van der Waals surface area contributed by atoms with E-state index in [0.29, 0.717) is 11.7 Å². The van der Waals surface area contributed by atoms with Crippen LogP contribution in [0.3, 0.4) is 0 Å². The third-order valence-corrected chi connectivity index (χ3v) is 4.47. The van der Waals surface area contributed by atoms with E-state index < -0.39 is 15.7 Å². The van der Waals surface area contributed by atoms with Gasteiger partial charge in [-0.15, -0.1) is 0 Å². The van der Waals surface area contributed by atoms with Crippen LogP contribution in [0.25, 0.3) is 0 Å². The van der Waals surface area contributed by atoms with E-state index >= 15 is 0 Å². The van der Waals surface area contributed by atoms with Crippen LogP contribution in [0.15, 0.2) is 23.4 Å². The molecule has 1 saturated heterocycles. The largest absolute Gasteiger partial charge is 0.316 e. The van der Waals surface area contributed by atoms with Gasteiger partial charge in [0.25, 0.3) is 0 Å². The Morgan fingerprint density at radius 2 is 2.44 bits per heavy atom. The van der Waals surface area contributed by atoms with E-state index in [0.717, 1.165) is 25.9 Å². The summed E-state index contributed by atoms with van der Waals surface area (Å²) in [6.45, 7) is 1.82. The zero-order chi connectivity index (χ0) is 13.0. The lowest BCUT2D eigenvalue weighted by atomic mass is 10.0. The van der Waals surface area contributed by atoms with Gasteiger partial charge in [0.2, 0.25) is 5.03 Å². The molecule has 1 aromatic rings. The van der Waals surface area contributed by atoms with Gasteiger partial charge in [-0.3, -0.25) is 14.3 Å². The van der Waals surface area contributed by atoms with Gasteiger partial charge < -0.3 is 5.32 Å². The number of nitrogens with one attached hydrogen (secondary N) is 1. The highest BCUT2D eigenvalue weighted by molar-refractivity contribution is 7.85. The fraction of sp³-hybridized carbons (Fsp3) is 0.545. The number of rotatable bonds is 4. The number of hydrogen-bond acceptors (Lipinski definition) is 5. The Kier molecular flexibility index (Phi) is 4.38. The monoisotopic (exact) mass is 269 g/mol. The summed E-state index contributed by atoms with van der Waals surface area (Å²) in [4.78, 5) is 14.2. The number of piperidine rings is 1. The number of nitrogens with zero attached hydrogens (tertiary/aromatic N) is 2. The van der Waals surface area contributed by atoms with E-state index in [2.05, 4.69) is 10.3 Å². The van der Waals surface area contributed by atoms with Crippen molar-refractivity contribution in [2.75, 3.05) is 18.8 Å². The molecule has 0 unspecified atom stereocenters. The van der Waals surface area contributed by atoms with Crippen LogP contribution >= 0.6 is 0 Å². The van der Waals surface area contributed by atoms with Gasteiger partial charge in [-0.1, -0.05) is 0 Å². The maximum Gasteiger partial charge on any atom is 0.303 e. The van der Waals surface area contributed by atoms with Crippen molar-refractivity contribution in [1.82, 2.24) is 10.3 Å². The Labute approximate surface area is 107 Å². The maximum atomic E-state index is 12.2. The van der Waals surface area contributed by atoms with E-state index in [1.54, 1.807) is 0 Å². The molecule has 0 aromatic carbocycles. The van der Waals surface area contributed by atoms with Crippen molar-refractivity contribution in [2.45, 2.75) is 17.9 Å². The average molecular weight is 269 g/mol. The third kappa shape index (κ3) is 3.11. The van der Waals surface area contributed by atoms with E-state index in [-0.39, 0.29) is 10.7 Å². The predicted octanol–water partition coefficient (Wildman–Crippen LogP) is 1.10. The molecule has 0 aliphatic carbocycles. The van der Waals surface area contributed by atoms with Crippen LogP contribution in [-0.2, 0) is 10.8 Å². The summed E-state index contributed by atoms with van der Waals surface area (Å²) in [6, 6.07) is 2.83. The van der Waals surface area contributed by atoms with Crippen LogP contribution in [0.4, 0.5) is 5.69 Å². The summed E-state index contributed by atoms with van der Waals surface area (Å²) < 4.78 is 12.2. The van der Waals surface area contributed by atoms with Crippen molar-refractivity contribution >= 4 is 16.5 Å². The molecule has 1 aliphatic rings. The minimum atomic E-state index is -1.41. The summed E-state index contributed by atoms with van der Waals surface area (Å²) in [5, 5.41) is 14.2. The summed E-state index contributed by atoms with van der Waals surface area (Å²) in [5.74, 6) is 0.742. The summed E-state index contributed by atoms with van der Waals surface area (Å²) in [6.07, 6.45) is 3.52. The van der Waals surface area contributed by atoms with Crippen molar-refractivity contribution in [2.24, 2.45) is 5.92 Å². The first-order chi connectivity index (χ1) is 8.68. The zero-order valence-electron chi connectivity index (χ0n) is 9.87. The number of hydrogen-bond donors (Lipinski definition) is 1. The van der Waals surface area contributed by atoms with Gasteiger partial charge in [-0.05, 0) is 37.9 Å². The van der Waals surface area contributed by atoms with Gasteiger partial charge in [-0.2, -0.15) is 0 Å². The first-order valence-electron chi connectivity index (χ1n) is 5.87. The fourth-order valence-electron chi connectivity index (χ4n) is 2.06. The minimum absolute atomic E-state index is 0.0908. The Morgan fingerprint density at radius 1 is 1.61 bits per heavy atom. The van der Waals surface area contributed by atoms with Gasteiger partial charge in [0.15, 0.2) is 0 Å². The average Bonchev–Trinajstić information content (AvgIpc) is 2.40. The van der Waals surface area contributed by atoms with E-state index in [1.165, 1.54) is 18.3 Å². The van der Waals surface area contributed by atoms with Gasteiger partial charge >= 0.3 is 5.69 Å². The molecule has 0 spiro atoms. The standard InChI is InChI=1S/C11H15N3O3S/c15-14(16)10-4-2-6-13-11(10)18(17)8-9-3-1-5-12-7-9/h2,4,6,9,12H,1,3,5,7-8H2/t9-,18-/m0/s1. The van der Waals surface area contributed by atoms with Crippen LogP contribution in [0.2, 0.25) is 0 Å². The first kappa shape index (κ1) is 13.1. The summed E-state index contributed by atoms with van der Waals surface area (Å²) >= 11 is 0. The fourth-order valence-corrected chi connectivity index (χ4v) is 3.48. The summed E-state index contributed by atoms with van der Waals surface area (Å²) in [7, 11) is -1.41. The molecule has 1 aromatic heterocycles. The molecule has 2 heterocycles. The molecule has 0 bridgehead atoms. The van der Waals surface area contributed by atoms with E-state index in [9.17, 15) is 14.3 Å². The molecule has 0 amide bonds. The molecular formula is C11H15N3O3S. The molecule has 2 rings (SSSR count). The van der Waals surface area contributed by atoms with Crippen LogP contribution in [-0.4, -0.2) is 33.0 Å².